The highest BCUT2D eigenvalue weighted by Crippen LogP contribution is 2.55. The molecule has 0 radical (unpaired) electrons. The maximum absolute atomic E-state index is 14.5. The van der Waals surface area contributed by atoms with E-state index >= 15 is 0 Å². The van der Waals surface area contributed by atoms with E-state index in [1.54, 1.807) is 6.92 Å². The lowest BCUT2D eigenvalue weighted by Crippen LogP contribution is -2.27. The molecule has 1 aliphatic rings. The van der Waals surface area contributed by atoms with Crippen LogP contribution in [-0.2, 0) is 0 Å². The summed E-state index contributed by atoms with van der Waals surface area (Å²) in [5.74, 6) is -4.45. The van der Waals surface area contributed by atoms with Crippen molar-refractivity contribution in [3.05, 3.63) is 18.1 Å². The predicted octanol–water partition coefficient (Wildman–Crippen LogP) is 3.45. The van der Waals surface area contributed by atoms with Crippen LogP contribution in [0.15, 0.2) is 12.5 Å². The van der Waals surface area contributed by atoms with E-state index in [9.17, 15) is 13.9 Å². The van der Waals surface area contributed by atoms with E-state index in [-0.39, 0.29) is 11.8 Å². The monoisotopic (exact) mass is 281 g/mol. The molecule has 6 heteroatoms. The van der Waals surface area contributed by atoms with Crippen molar-refractivity contribution in [1.82, 2.24) is 15.0 Å². The number of H-pyrrole nitrogens is 1. The number of halogens is 2. The van der Waals surface area contributed by atoms with Crippen LogP contribution in [0.4, 0.5) is 8.78 Å². The van der Waals surface area contributed by atoms with E-state index in [0.717, 1.165) is 6.42 Å². The minimum absolute atomic E-state index is 0.00961. The molecule has 20 heavy (non-hydrogen) atoms. The number of fused-ring (bicyclic) bond motifs is 1. The minimum atomic E-state index is -2.75. The standard InChI is InChI=1S/C14H17F2N3O/c1-3-8-4-10(14(15,16)7(8)2)9-5-17-12-11(9)18-6-19-13(12)20/h5-8,10,17H,3-4H2,1-2H3,(H,18,19,20)/t7-,8+,10+/m1/s1. The highest BCUT2D eigenvalue weighted by atomic mass is 19.3. The average molecular weight is 281 g/mol. The molecule has 2 heterocycles. The molecule has 0 aliphatic heterocycles. The molecule has 4 nitrogen and oxygen atoms in total. The summed E-state index contributed by atoms with van der Waals surface area (Å²) >= 11 is 0. The van der Waals surface area contributed by atoms with Gasteiger partial charge in [-0.1, -0.05) is 20.3 Å². The number of nitrogens with zero attached hydrogens (tertiary/aromatic N) is 2. The van der Waals surface area contributed by atoms with E-state index in [1.807, 2.05) is 6.92 Å². The fourth-order valence-corrected chi connectivity index (χ4v) is 3.36. The maximum atomic E-state index is 14.5. The van der Waals surface area contributed by atoms with Crippen molar-refractivity contribution < 1.29 is 13.9 Å². The molecule has 1 saturated carbocycles. The van der Waals surface area contributed by atoms with Crippen LogP contribution in [0.1, 0.15) is 38.2 Å². The van der Waals surface area contributed by atoms with Gasteiger partial charge in [-0.25, -0.2) is 18.7 Å². The van der Waals surface area contributed by atoms with E-state index in [0.29, 0.717) is 23.0 Å². The highest BCUT2D eigenvalue weighted by molar-refractivity contribution is 5.83. The van der Waals surface area contributed by atoms with E-state index in [4.69, 9.17) is 0 Å². The molecular formula is C14H17F2N3O. The van der Waals surface area contributed by atoms with Crippen LogP contribution in [0, 0.1) is 11.8 Å². The molecule has 0 spiro atoms. The van der Waals surface area contributed by atoms with Gasteiger partial charge in [0.2, 0.25) is 5.88 Å². The van der Waals surface area contributed by atoms with E-state index in [2.05, 4.69) is 15.0 Å². The average Bonchev–Trinajstić information content (AvgIpc) is 2.92. The number of aromatic amines is 1. The Kier molecular flexibility index (Phi) is 2.92. The second kappa shape index (κ2) is 4.40. The number of hydrogen-bond donors (Lipinski definition) is 2. The zero-order valence-corrected chi connectivity index (χ0v) is 11.4. The Balaban J connectivity index is 2.10. The number of aromatic hydroxyl groups is 1. The highest BCUT2D eigenvalue weighted by Gasteiger charge is 2.55. The summed E-state index contributed by atoms with van der Waals surface area (Å²) < 4.78 is 29.0. The third-order valence-corrected chi connectivity index (χ3v) is 4.69. The molecule has 0 unspecified atom stereocenters. The Morgan fingerprint density at radius 2 is 2.20 bits per heavy atom. The zero-order chi connectivity index (χ0) is 14.5. The normalized spacial score (nSPS) is 29.1. The smallest absolute Gasteiger partial charge is 0.257 e. The number of nitrogens with one attached hydrogen (secondary N) is 1. The van der Waals surface area contributed by atoms with Crippen LogP contribution < -0.4 is 0 Å². The predicted molar refractivity (Wildman–Crippen MR) is 70.8 cm³/mol. The summed E-state index contributed by atoms with van der Waals surface area (Å²) in [6, 6.07) is 0. The minimum Gasteiger partial charge on any atom is -0.492 e. The summed E-state index contributed by atoms with van der Waals surface area (Å²) in [5.41, 5.74) is 1.20. The summed E-state index contributed by atoms with van der Waals surface area (Å²) in [7, 11) is 0. The van der Waals surface area contributed by atoms with Crippen molar-refractivity contribution in [2.24, 2.45) is 11.8 Å². The Bertz CT molecular complexity index is 640. The summed E-state index contributed by atoms with van der Waals surface area (Å²) in [4.78, 5) is 10.5. The molecule has 3 atom stereocenters. The van der Waals surface area contributed by atoms with Crippen molar-refractivity contribution in [1.29, 1.82) is 0 Å². The van der Waals surface area contributed by atoms with Gasteiger partial charge in [-0.3, -0.25) is 0 Å². The number of aromatic nitrogens is 3. The fourth-order valence-electron chi connectivity index (χ4n) is 3.36. The van der Waals surface area contributed by atoms with Crippen molar-refractivity contribution in [3.8, 4) is 5.88 Å². The number of rotatable bonds is 2. The lowest BCUT2D eigenvalue weighted by Gasteiger charge is -2.22. The summed E-state index contributed by atoms with van der Waals surface area (Å²) in [5, 5.41) is 9.64. The van der Waals surface area contributed by atoms with Crippen LogP contribution in [-0.4, -0.2) is 26.0 Å². The van der Waals surface area contributed by atoms with Gasteiger partial charge in [-0.15, -0.1) is 0 Å². The van der Waals surface area contributed by atoms with Gasteiger partial charge in [0.1, 0.15) is 11.8 Å². The zero-order valence-electron chi connectivity index (χ0n) is 11.4. The molecular weight excluding hydrogens is 264 g/mol. The van der Waals surface area contributed by atoms with Crippen molar-refractivity contribution >= 4 is 11.0 Å². The second-order valence-corrected chi connectivity index (χ2v) is 5.58. The molecule has 2 aromatic heterocycles. The first-order chi connectivity index (χ1) is 9.46. The molecule has 0 bridgehead atoms. The van der Waals surface area contributed by atoms with Gasteiger partial charge in [-0.05, 0) is 12.3 Å². The van der Waals surface area contributed by atoms with Gasteiger partial charge in [-0.2, -0.15) is 0 Å². The van der Waals surface area contributed by atoms with Crippen molar-refractivity contribution in [2.45, 2.75) is 38.5 Å². The largest absolute Gasteiger partial charge is 0.492 e. The SMILES string of the molecule is CC[C@H]1C[C@@H](c2c[nH]c3c(O)ncnc23)C(F)(F)[C@@H]1C. The van der Waals surface area contributed by atoms with Crippen LogP contribution in [0.3, 0.4) is 0 Å². The van der Waals surface area contributed by atoms with E-state index in [1.165, 1.54) is 12.5 Å². The summed E-state index contributed by atoms with van der Waals surface area (Å²) in [6.07, 6.45) is 3.92. The Morgan fingerprint density at radius 3 is 2.85 bits per heavy atom. The van der Waals surface area contributed by atoms with Crippen molar-refractivity contribution in [3.63, 3.8) is 0 Å². The van der Waals surface area contributed by atoms with Crippen molar-refractivity contribution in [2.75, 3.05) is 0 Å². The lowest BCUT2D eigenvalue weighted by molar-refractivity contribution is -0.0529. The molecule has 2 aromatic rings. The number of alkyl halides is 2. The van der Waals surface area contributed by atoms with Crippen LogP contribution in [0.5, 0.6) is 5.88 Å². The first-order valence-corrected chi connectivity index (χ1v) is 6.85. The van der Waals surface area contributed by atoms with Gasteiger partial charge in [0.25, 0.3) is 5.92 Å². The molecule has 1 aliphatic carbocycles. The van der Waals surface area contributed by atoms with Crippen LogP contribution in [0.2, 0.25) is 0 Å². The Labute approximate surface area is 115 Å². The van der Waals surface area contributed by atoms with E-state index < -0.39 is 17.8 Å². The van der Waals surface area contributed by atoms with Crippen LogP contribution >= 0.6 is 0 Å². The second-order valence-electron chi connectivity index (χ2n) is 5.58. The Hall–Kier alpha value is -1.72. The Morgan fingerprint density at radius 1 is 1.45 bits per heavy atom. The third kappa shape index (κ3) is 1.70. The van der Waals surface area contributed by atoms with Gasteiger partial charge in [0.05, 0.1) is 11.4 Å². The quantitative estimate of drug-likeness (QED) is 0.886. The van der Waals surface area contributed by atoms with Gasteiger partial charge >= 0.3 is 0 Å². The maximum Gasteiger partial charge on any atom is 0.257 e. The fraction of sp³-hybridized carbons (Fsp3) is 0.571. The molecule has 108 valence electrons. The summed E-state index contributed by atoms with van der Waals surface area (Å²) in [6.45, 7) is 3.57. The van der Waals surface area contributed by atoms with Crippen LogP contribution in [0.25, 0.3) is 11.0 Å². The first-order valence-electron chi connectivity index (χ1n) is 6.85. The number of hydrogen-bond acceptors (Lipinski definition) is 3. The molecule has 1 fully saturated rings. The van der Waals surface area contributed by atoms with Gasteiger partial charge < -0.3 is 10.1 Å². The molecule has 0 saturated heterocycles. The van der Waals surface area contributed by atoms with Gasteiger partial charge in [0.15, 0.2) is 0 Å². The molecule has 0 amide bonds. The molecule has 2 N–H and O–H groups in total. The topological polar surface area (TPSA) is 61.8 Å². The lowest BCUT2D eigenvalue weighted by atomic mass is 9.93. The molecule has 3 rings (SSSR count). The molecule has 0 aromatic carbocycles. The third-order valence-electron chi connectivity index (χ3n) is 4.69. The first kappa shape index (κ1) is 13.3. The van der Waals surface area contributed by atoms with Gasteiger partial charge in [0, 0.05) is 17.7 Å².